The van der Waals surface area contributed by atoms with E-state index in [1.807, 2.05) is 0 Å². The molecule has 1 saturated heterocycles. The Labute approximate surface area is 115 Å². The van der Waals surface area contributed by atoms with Crippen molar-refractivity contribution in [3.63, 3.8) is 0 Å². The Morgan fingerprint density at radius 1 is 1.55 bits per heavy atom. The predicted molar refractivity (Wildman–Crippen MR) is 68.9 cm³/mol. The van der Waals surface area contributed by atoms with Crippen molar-refractivity contribution in [2.75, 3.05) is 25.0 Å². The van der Waals surface area contributed by atoms with Gasteiger partial charge in [0.2, 0.25) is 0 Å². The summed E-state index contributed by atoms with van der Waals surface area (Å²) in [6, 6.07) is 5.53. The molecule has 0 aromatic heterocycles. The number of aliphatic hydroxyl groups is 1. The average Bonchev–Trinajstić information content (AvgIpc) is 2.87. The Hall–Kier alpha value is -1.89. The van der Waals surface area contributed by atoms with E-state index in [4.69, 9.17) is 5.11 Å². The second kappa shape index (κ2) is 6.51. The highest BCUT2D eigenvalue weighted by molar-refractivity contribution is 5.89. The Morgan fingerprint density at radius 3 is 3.00 bits per heavy atom. The molecule has 0 aliphatic carbocycles. The van der Waals surface area contributed by atoms with E-state index in [2.05, 4.69) is 10.1 Å². The quantitative estimate of drug-likeness (QED) is 0.891. The minimum Gasteiger partial charge on any atom is -0.435 e. The van der Waals surface area contributed by atoms with E-state index in [0.29, 0.717) is 18.8 Å². The third kappa shape index (κ3) is 3.80. The first kappa shape index (κ1) is 14.5. The molecule has 2 rings (SSSR count). The number of alkyl halides is 2. The summed E-state index contributed by atoms with van der Waals surface area (Å²) in [4.78, 5) is 13.5. The van der Waals surface area contributed by atoms with E-state index < -0.39 is 6.61 Å². The minimum absolute atomic E-state index is 0.00698. The molecule has 1 unspecified atom stereocenters. The van der Waals surface area contributed by atoms with Crippen LogP contribution in [0.25, 0.3) is 0 Å². The predicted octanol–water partition coefficient (Wildman–Crippen LogP) is 2.13. The Kier molecular flexibility index (Phi) is 4.73. The molecule has 1 aromatic rings. The number of ether oxygens (including phenoxy) is 1. The van der Waals surface area contributed by atoms with E-state index >= 15 is 0 Å². The van der Waals surface area contributed by atoms with E-state index in [9.17, 15) is 13.6 Å². The fraction of sp³-hybridized carbons (Fsp3) is 0.462. The number of anilines is 1. The zero-order valence-corrected chi connectivity index (χ0v) is 10.8. The standard InChI is InChI=1S/C13H16F2N2O3/c14-12(15)20-11-3-1-2-10(6-11)16-13(19)17-5-4-9(7-17)8-18/h1-3,6,9,12,18H,4-5,7-8H2,(H,16,19). The molecule has 1 aliphatic rings. The van der Waals surface area contributed by atoms with Gasteiger partial charge in [0, 0.05) is 37.4 Å². The molecule has 1 aromatic carbocycles. The molecule has 1 aliphatic heterocycles. The summed E-state index contributed by atoms with van der Waals surface area (Å²) >= 11 is 0. The van der Waals surface area contributed by atoms with Crippen LogP contribution in [-0.2, 0) is 0 Å². The van der Waals surface area contributed by atoms with Gasteiger partial charge >= 0.3 is 12.6 Å². The van der Waals surface area contributed by atoms with Crippen molar-refractivity contribution in [2.24, 2.45) is 5.92 Å². The van der Waals surface area contributed by atoms with Crippen molar-refractivity contribution in [2.45, 2.75) is 13.0 Å². The molecule has 110 valence electrons. The lowest BCUT2D eigenvalue weighted by Crippen LogP contribution is -2.33. The smallest absolute Gasteiger partial charge is 0.387 e. The lowest BCUT2D eigenvalue weighted by Gasteiger charge is -2.17. The molecule has 0 saturated carbocycles. The molecular weight excluding hydrogens is 270 g/mol. The molecule has 5 nitrogen and oxygen atoms in total. The summed E-state index contributed by atoms with van der Waals surface area (Å²) in [5.74, 6) is 0.0988. The fourth-order valence-corrected chi connectivity index (χ4v) is 2.12. The molecule has 1 atom stereocenters. The maximum absolute atomic E-state index is 12.1. The van der Waals surface area contributed by atoms with Gasteiger partial charge in [0.1, 0.15) is 5.75 Å². The SMILES string of the molecule is O=C(Nc1cccc(OC(F)F)c1)N1CCC(CO)C1. The minimum atomic E-state index is -2.90. The van der Waals surface area contributed by atoms with Crippen LogP contribution in [0, 0.1) is 5.92 Å². The van der Waals surface area contributed by atoms with Gasteiger partial charge in [-0.25, -0.2) is 4.79 Å². The number of carbonyl (C=O) groups excluding carboxylic acids is 1. The van der Waals surface area contributed by atoms with Gasteiger partial charge in [-0.2, -0.15) is 8.78 Å². The molecule has 20 heavy (non-hydrogen) atoms. The van der Waals surface area contributed by atoms with Crippen LogP contribution in [0.15, 0.2) is 24.3 Å². The van der Waals surface area contributed by atoms with Crippen LogP contribution in [0.5, 0.6) is 5.75 Å². The highest BCUT2D eigenvalue weighted by Crippen LogP contribution is 2.21. The molecule has 1 fully saturated rings. The first-order valence-corrected chi connectivity index (χ1v) is 6.30. The topological polar surface area (TPSA) is 61.8 Å². The molecule has 0 radical (unpaired) electrons. The van der Waals surface area contributed by atoms with E-state index in [1.165, 1.54) is 18.2 Å². The maximum Gasteiger partial charge on any atom is 0.387 e. The van der Waals surface area contributed by atoms with Gasteiger partial charge in [0.25, 0.3) is 0 Å². The first-order valence-electron chi connectivity index (χ1n) is 6.30. The van der Waals surface area contributed by atoms with Crippen molar-refractivity contribution < 1.29 is 23.4 Å². The first-order chi connectivity index (χ1) is 9.58. The largest absolute Gasteiger partial charge is 0.435 e. The molecule has 2 N–H and O–H groups in total. The van der Waals surface area contributed by atoms with Crippen molar-refractivity contribution in [3.05, 3.63) is 24.3 Å². The monoisotopic (exact) mass is 286 g/mol. The molecule has 7 heteroatoms. The van der Waals surface area contributed by atoms with Gasteiger partial charge in [-0.1, -0.05) is 6.07 Å². The Balaban J connectivity index is 1.94. The highest BCUT2D eigenvalue weighted by atomic mass is 19.3. The lowest BCUT2D eigenvalue weighted by molar-refractivity contribution is -0.0497. The number of rotatable bonds is 4. The van der Waals surface area contributed by atoms with E-state index in [1.54, 1.807) is 11.0 Å². The third-order valence-corrected chi connectivity index (χ3v) is 3.14. The zero-order chi connectivity index (χ0) is 14.5. The van der Waals surface area contributed by atoms with Gasteiger partial charge in [-0.3, -0.25) is 0 Å². The summed E-state index contributed by atoms with van der Waals surface area (Å²) in [5.41, 5.74) is 0.389. The Morgan fingerprint density at radius 2 is 2.35 bits per heavy atom. The van der Waals surface area contributed by atoms with Crippen molar-refractivity contribution in [3.8, 4) is 5.75 Å². The van der Waals surface area contributed by atoms with Crippen LogP contribution in [0.3, 0.4) is 0 Å². The van der Waals surface area contributed by atoms with Crippen LogP contribution in [0.4, 0.5) is 19.3 Å². The normalized spacial score (nSPS) is 18.4. The van der Waals surface area contributed by atoms with E-state index in [-0.39, 0.29) is 24.3 Å². The summed E-state index contributed by atoms with van der Waals surface area (Å²) in [6.45, 7) is -1.77. The van der Waals surface area contributed by atoms with Gasteiger partial charge in [-0.15, -0.1) is 0 Å². The van der Waals surface area contributed by atoms with Gasteiger partial charge in [-0.05, 0) is 18.6 Å². The number of carbonyl (C=O) groups is 1. The number of hydrogen-bond donors (Lipinski definition) is 2. The van der Waals surface area contributed by atoms with Gasteiger partial charge in [0.05, 0.1) is 0 Å². The third-order valence-electron chi connectivity index (χ3n) is 3.14. The van der Waals surface area contributed by atoms with E-state index in [0.717, 1.165) is 6.42 Å². The van der Waals surface area contributed by atoms with Crippen LogP contribution >= 0.6 is 0 Å². The fourth-order valence-electron chi connectivity index (χ4n) is 2.12. The lowest BCUT2D eigenvalue weighted by atomic mass is 10.1. The number of hydrogen-bond acceptors (Lipinski definition) is 3. The second-order valence-electron chi connectivity index (χ2n) is 4.62. The van der Waals surface area contributed by atoms with Gasteiger partial charge in [0.15, 0.2) is 0 Å². The molecule has 2 amide bonds. The summed E-state index contributed by atoms with van der Waals surface area (Å²) in [7, 11) is 0. The van der Waals surface area contributed by atoms with Crippen LogP contribution < -0.4 is 10.1 Å². The van der Waals surface area contributed by atoms with Crippen molar-refractivity contribution in [1.82, 2.24) is 4.90 Å². The van der Waals surface area contributed by atoms with Crippen LogP contribution in [0.2, 0.25) is 0 Å². The summed E-state index contributed by atoms with van der Waals surface area (Å²) in [6.07, 6.45) is 0.762. The van der Waals surface area contributed by atoms with Crippen molar-refractivity contribution in [1.29, 1.82) is 0 Å². The highest BCUT2D eigenvalue weighted by Gasteiger charge is 2.25. The summed E-state index contributed by atoms with van der Waals surface area (Å²) in [5, 5.41) is 11.7. The second-order valence-corrected chi connectivity index (χ2v) is 4.62. The number of urea groups is 1. The van der Waals surface area contributed by atoms with Gasteiger partial charge < -0.3 is 20.1 Å². The number of likely N-dealkylation sites (tertiary alicyclic amines) is 1. The maximum atomic E-state index is 12.1. The number of halogens is 2. The number of nitrogens with zero attached hydrogens (tertiary/aromatic N) is 1. The molecular formula is C13H16F2N2O3. The zero-order valence-electron chi connectivity index (χ0n) is 10.8. The van der Waals surface area contributed by atoms with Crippen molar-refractivity contribution >= 4 is 11.7 Å². The molecule has 0 spiro atoms. The summed E-state index contributed by atoms with van der Waals surface area (Å²) < 4.78 is 28.5. The van der Waals surface area contributed by atoms with Crippen LogP contribution in [0.1, 0.15) is 6.42 Å². The number of aliphatic hydroxyl groups excluding tert-OH is 1. The number of benzene rings is 1. The number of amides is 2. The molecule has 1 heterocycles. The Bertz CT molecular complexity index is 471. The average molecular weight is 286 g/mol. The van der Waals surface area contributed by atoms with Crippen LogP contribution in [-0.4, -0.2) is 42.3 Å². The number of nitrogens with one attached hydrogen (secondary N) is 1. The molecule has 0 bridgehead atoms.